The van der Waals surface area contributed by atoms with Crippen molar-refractivity contribution in [3.8, 4) is 5.75 Å². The summed E-state index contributed by atoms with van der Waals surface area (Å²) in [5, 5.41) is 0.650. The molecule has 0 fully saturated rings. The average Bonchev–Trinajstić information content (AvgIpc) is 2.07. The van der Waals surface area contributed by atoms with Crippen molar-refractivity contribution in [2.45, 2.75) is 6.92 Å². The third-order valence-electron chi connectivity index (χ3n) is 1.95. The molecule has 0 unspecified atom stereocenters. The quantitative estimate of drug-likeness (QED) is 0.726. The van der Waals surface area contributed by atoms with E-state index in [4.69, 9.17) is 16.3 Å². The standard InChI is InChI=1S/C10H14ClNO/c1-7-5-10(13-4)8(11)6-9(7)12(2)3/h5-6H,1-4H3. The molecule has 0 aliphatic rings. The monoisotopic (exact) mass is 199 g/mol. The van der Waals surface area contributed by atoms with E-state index in [1.807, 2.05) is 38.1 Å². The lowest BCUT2D eigenvalue weighted by molar-refractivity contribution is 0.415. The van der Waals surface area contributed by atoms with Gasteiger partial charge >= 0.3 is 0 Å². The maximum absolute atomic E-state index is 5.99. The molecule has 0 spiro atoms. The van der Waals surface area contributed by atoms with Crippen molar-refractivity contribution in [1.29, 1.82) is 0 Å². The first kappa shape index (κ1) is 10.2. The van der Waals surface area contributed by atoms with Gasteiger partial charge in [0, 0.05) is 19.8 Å². The molecule has 0 saturated heterocycles. The normalized spacial score (nSPS) is 9.92. The Bertz CT molecular complexity index is 310. The van der Waals surface area contributed by atoms with E-state index in [1.54, 1.807) is 7.11 Å². The van der Waals surface area contributed by atoms with E-state index in [1.165, 1.54) is 0 Å². The molecule has 0 N–H and O–H groups in total. The first-order valence-corrected chi connectivity index (χ1v) is 4.45. The van der Waals surface area contributed by atoms with Gasteiger partial charge in [-0.15, -0.1) is 0 Å². The van der Waals surface area contributed by atoms with Gasteiger partial charge in [0.2, 0.25) is 0 Å². The molecule has 3 heteroatoms. The molecule has 0 bridgehead atoms. The lowest BCUT2D eigenvalue weighted by atomic mass is 10.2. The maximum Gasteiger partial charge on any atom is 0.137 e. The highest BCUT2D eigenvalue weighted by molar-refractivity contribution is 6.32. The Balaban J connectivity index is 3.20. The fraction of sp³-hybridized carbons (Fsp3) is 0.400. The minimum absolute atomic E-state index is 0.650. The number of aryl methyl sites for hydroxylation is 1. The van der Waals surface area contributed by atoms with Gasteiger partial charge in [0.25, 0.3) is 0 Å². The molecule has 0 heterocycles. The highest BCUT2D eigenvalue weighted by Crippen LogP contribution is 2.31. The van der Waals surface area contributed by atoms with E-state index >= 15 is 0 Å². The summed E-state index contributed by atoms with van der Waals surface area (Å²) in [5.74, 6) is 0.727. The Kier molecular flexibility index (Phi) is 3.04. The minimum Gasteiger partial charge on any atom is -0.495 e. The number of hydrogen-bond donors (Lipinski definition) is 0. The highest BCUT2D eigenvalue weighted by atomic mass is 35.5. The number of ether oxygens (including phenoxy) is 1. The van der Waals surface area contributed by atoms with Gasteiger partial charge in [-0.1, -0.05) is 11.6 Å². The molecular formula is C10H14ClNO. The Morgan fingerprint density at radius 2 is 1.92 bits per heavy atom. The summed E-state index contributed by atoms with van der Waals surface area (Å²) >= 11 is 5.99. The van der Waals surface area contributed by atoms with Crippen molar-refractivity contribution in [3.63, 3.8) is 0 Å². The Morgan fingerprint density at radius 1 is 1.31 bits per heavy atom. The molecule has 0 atom stereocenters. The molecule has 0 amide bonds. The number of nitrogens with zero attached hydrogens (tertiary/aromatic N) is 1. The lowest BCUT2D eigenvalue weighted by Gasteiger charge is -2.17. The van der Waals surface area contributed by atoms with Crippen LogP contribution >= 0.6 is 11.6 Å². The summed E-state index contributed by atoms with van der Waals surface area (Å²) in [6, 6.07) is 3.85. The van der Waals surface area contributed by atoms with Crippen LogP contribution < -0.4 is 9.64 Å². The number of rotatable bonds is 2. The zero-order valence-corrected chi connectivity index (χ0v) is 9.14. The summed E-state index contributed by atoms with van der Waals surface area (Å²) in [4.78, 5) is 2.03. The molecule has 0 aliphatic carbocycles. The van der Waals surface area contributed by atoms with Crippen LogP contribution in [0.2, 0.25) is 5.02 Å². The summed E-state index contributed by atoms with van der Waals surface area (Å²) in [7, 11) is 5.60. The SMILES string of the molecule is COc1cc(C)c(N(C)C)cc1Cl. The van der Waals surface area contributed by atoms with Crippen LogP contribution in [0.5, 0.6) is 5.75 Å². The highest BCUT2D eigenvalue weighted by Gasteiger charge is 2.06. The van der Waals surface area contributed by atoms with Crippen molar-refractivity contribution < 1.29 is 4.74 Å². The maximum atomic E-state index is 5.99. The molecule has 1 aromatic carbocycles. The van der Waals surface area contributed by atoms with E-state index in [9.17, 15) is 0 Å². The van der Waals surface area contributed by atoms with E-state index < -0.39 is 0 Å². The van der Waals surface area contributed by atoms with Crippen molar-refractivity contribution >= 4 is 17.3 Å². The van der Waals surface area contributed by atoms with Crippen molar-refractivity contribution in [2.75, 3.05) is 26.1 Å². The van der Waals surface area contributed by atoms with Crippen LogP contribution in [-0.2, 0) is 0 Å². The van der Waals surface area contributed by atoms with Crippen LogP contribution in [0.25, 0.3) is 0 Å². The van der Waals surface area contributed by atoms with Crippen molar-refractivity contribution in [2.24, 2.45) is 0 Å². The molecule has 0 aliphatic heterocycles. The molecule has 72 valence electrons. The molecular weight excluding hydrogens is 186 g/mol. The lowest BCUT2D eigenvalue weighted by Crippen LogP contribution is -2.10. The van der Waals surface area contributed by atoms with Gasteiger partial charge < -0.3 is 9.64 Å². The largest absolute Gasteiger partial charge is 0.495 e. The van der Waals surface area contributed by atoms with Crippen LogP contribution in [0.4, 0.5) is 5.69 Å². The predicted molar refractivity (Wildman–Crippen MR) is 57.1 cm³/mol. The molecule has 1 aromatic rings. The zero-order chi connectivity index (χ0) is 10.0. The van der Waals surface area contributed by atoms with E-state index in [2.05, 4.69) is 0 Å². The predicted octanol–water partition coefficient (Wildman–Crippen LogP) is 2.72. The van der Waals surface area contributed by atoms with E-state index in [0.717, 1.165) is 17.0 Å². The second-order valence-corrected chi connectivity index (χ2v) is 3.57. The summed E-state index contributed by atoms with van der Waals surface area (Å²) in [6.45, 7) is 2.04. The Morgan fingerprint density at radius 3 is 2.38 bits per heavy atom. The molecule has 0 aromatic heterocycles. The Hall–Kier alpha value is -0.890. The van der Waals surface area contributed by atoms with Gasteiger partial charge in [0.05, 0.1) is 12.1 Å². The van der Waals surface area contributed by atoms with Gasteiger partial charge in [-0.2, -0.15) is 0 Å². The number of halogens is 1. The average molecular weight is 200 g/mol. The second-order valence-electron chi connectivity index (χ2n) is 3.17. The third-order valence-corrected chi connectivity index (χ3v) is 2.25. The van der Waals surface area contributed by atoms with Gasteiger partial charge in [-0.3, -0.25) is 0 Å². The van der Waals surface area contributed by atoms with E-state index in [-0.39, 0.29) is 0 Å². The van der Waals surface area contributed by atoms with Crippen LogP contribution in [0.1, 0.15) is 5.56 Å². The summed E-state index contributed by atoms with van der Waals surface area (Å²) in [5.41, 5.74) is 2.28. The molecule has 1 rings (SSSR count). The van der Waals surface area contributed by atoms with Crippen LogP contribution in [0.15, 0.2) is 12.1 Å². The third kappa shape index (κ3) is 2.07. The van der Waals surface area contributed by atoms with Crippen LogP contribution in [-0.4, -0.2) is 21.2 Å². The Labute approximate surface area is 84.1 Å². The molecule has 2 nitrogen and oxygen atoms in total. The van der Waals surface area contributed by atoms with Crippen LogP contribution in [0, 0.1) is 6.92 Å². The fourth-order valence-electron chi connectivity index (χ4n) is 1.28. The first-order chi connectivity index (χ1) is 6.06. The number of hydrogen-bond acceptors (Lipinski definition) is 2. The molecule has 13 heavy (non-hydrogen) atoms. The van der Waals surface area contributed by atoms with E-state index in [0.29, 0.717) is 5.02 Å². The van der Waals surface area contributed by atoms with Gasteiger partial charge in [-0.25, -0.2) is 0 Å². The van der Waals surface area contributed by atoms with Crippen molar-refractivity contribution in [1.82, 2.24) is 0 Å². The van der Waals surface area contributed by atoms with Gasteiger partial charge in [0.1, 0.15) is 5.75 Å². The summed E-state index contributed by atoms with van der Waals surface area (Å²) < 4.78 is 5.11. The minimum atomic E-state index is 0.650. The van der Waals surface area contributed by atoms with Gasteiger partial charge in [-0.05, 0) is 24.6 Å². The number of methoxy groups -OCH3 is 1. The van der Waals surface area contributed by atoms with Crippen molar-refractivity contribution in [3.05, 3.63) is 22.7 Å². The zero-order valence-electron chi connectivity index (χ0n) is 8.39. The topological polar surface area (TPSA) is 12.5 Å². The van der Waals surface area contributed by atoms with Gasteiger partial charge in [0.15, 0.2) is 0 Å². The first-order valence-electron chi connectivity index (χ1n) is 4.07. The smallest absolute Gasteiger partial charge is 0.137 e. The fourth-order valence-corrected chi connectivity index (χ4v) is 1.52. The number of anilines is 1. The molecule has 0 radical (unpaired) electrons. The summed E-state index contributed by atoms with van der Waals surface area (Å²) in [6.07, 6.45) is 0. The van der Waals surface area contributed by atoms with Crippen LogP contribution in [0.3, 0.4) is 0 Å². The molecule has 0 saturated carbocycles. The number of benzene rings is 1. The second kappa shape index (κ2) is 3.88.